The van der Waals surface area contributed by atoms with Crippen LogP contribution in [-0.2, 0) is 6.42 Å². The van der Waals surface area contributed by atoms with Crippen LogP contribution in [0, 0.1) is 13.8 Å². The molecular weight excluding hydrogens is 288 g/mol. The number of rotatable bonds is 1. The molecule has 0 saturated carbocycles. The molecule has 0 amide bonds. The molecule has 3 aromatic rings. The second kappa shape index (κ2) is 13.4. The second-order valence-electron chi connectivity index (χ2n) is 5.07. The highest BCUT2D eigenvalue weighted by Crippen LogP contribution is 2.20. The zero-order valence-corrected chi connectivity index (χ0v) is 16.6. The summed E-state index contributed by atoms with van der Waals surface area (Å²) in [7, 11) is 0. The third kappa shape index (κ3) is 7.00. The van der Waals surface area contributed by atoms with E-state index in [0.717, 1.165) is 6.42 Å². The van der Waals surface area contributed by atoms with E-state index < -0.39 is 0 Å². The van der Waals surface area contributed by atoms with Gasteiger partial charge in [-0.05, 0) is 47.7 Å². The van der Waals surface area contributed by atoms with Crippen LogP contribution in [0.2, 0.25) is 0 Å². The van der Waals surface area contributed by atoms with Crippen LogP contribution >= 0.6 is 0 Å². The lowest BCUT2D eigenvalue weighted by molar-refractivity contribution is 1.14. The topological polar surface area (TPSA) is 0 Å². The average molecular weight is 323 g/mol. The standard InChI is InChI=1S/C12H12.C8H10.2C2H6/c1-9-7-8-11-5-3-4-6-12(11)10(9)2;1-2-8-6-4-3-5-7-8;2*1-2/h3-8H,1-2H3;3-7H,2H2,1H3;2*1-2H3. The first kappa shape index (κ1) is 21.9. The maximum atomic E-state index is 2.18. The molecule has 0 fully saturated rings. The van der Waals surface area contributed by atoms with Crippen LogP contribution in [0.5, 0.6) is 0 Å². The Hall–Kier alpha value is -2.08. The fraction of sp³-hybridized carbons (Fsp3) is 0.333. The Morgan fingerprint density at radius 1 is 0.625 bits per heavy atom. The van der Waals surface area contributed by atoms with E-state index >= 15 is 0 Å². The molecule has 0 bridgehead atoms. The highest BCUT2D eigenvalue weighted by atomic mass is 14.0. The zero-order chi connectivity index (χ0) is 18.4. The van der Waals surface area contributed by atoms with Gasteiger partial charge in [0.15, 0.2) is 0 Å². The van der Waals surface area contributed by atoms with Crippen molar-refractivity contribution >= 4 is 10.8 Å². The van der Waals surface area contributed by atoms with Crippen LogP contribution in [0.15, 0.2) is 66.7 Å². The first-order valence-corrected chi connectivity index (χ1v) is 9.21. The lowest BCUT2D eigenvalue weighted by Gasteiger charge is -2.04. The molecule has 0 N–H and O–H groups in total. The van der Waals surface area contributed by atoms with Crippen molar-refractivity contribution in [2.24, 2.45) is 0 Å². The third-order valence-electron chi connectivity index (χ3n) is 3.72. The normalized spacial score (nSPS) is 8.79. The molecule has 0 heterocycles. The molecule has 0 nitrogen and oxygen atoms in total. The fourth-order valence-electron chi connectivity index (χ4n) is 2.25. The van der Waals surface area contributed by atoms with Crippen LogP contribution < -0.4 is 0 Å². The van der Waals surface area contributed by atoms with Crippen LogP contribution in [0.25, 0.3) is 10.8 Å². The summed E-state index contributed by atoms with van der Waals surface area (Å²) in [6.45, 7) is 14.5. The summed E-state index contributed by atoms with van der Waals surface area (Å²) in [5.41, 5.74) is 4.18. The van der Waals surface area contributed by atoms with E-state index in [1.165, 1.54) is 27.5 Å². The molecule has 0 radical (unpaired) electrons. The van der Waals surface area contributed by atoms with Gasteiger partial charge in [-0.25, -0.2) is 0 Å². The van der Waals surface area contributed by atoms with Gasteiger partial charge in [0.05, 0.1) is 0 Å². The minimum absolute atomic E-state index is 1.14. The van der Waals surface area contributed by atoms with Gasteiger partial charge in [0.2, 0.25) is 0 Å². The molecule has 0 atom stereocenters. The molecule has 0 heteroatoms. The Morgan fingerprint density at radius 3 is 1.71 bits per heavy atom. The summed E-state index contributed by atoms with van der Waals surface area (Å²) in [5.74, 6) is 0. The maximum absolute atomic E-state index is 2.18. The summed E-state index contributed by atoms with van der Waals surface area (Å²) in [5, 5.41) is 2.71. The van der Waals surface area contributed by atoms with Crippen molar-refractivity contribution < 1.29 is 0 Å². The minimum atomic E-state index is 1.14. The molecule has 0 aliphatic carbocycles. The molecule has 0 spiro atoms. The van der Waals surface area contributed by atoms with Crippen molar-refractivity contribution in [1.82, 2.24) is 0 Å². The summed E-state index contributed by atoms with van der Waals surface area (Å²) in [6, 6.07) is 23.3. The van der Waals surface area contributed by atoms with Crippen molar-refractivity contribution in [3.8, 4) is 0 Å². The monoisotopic (exact) mass is 322 g/mol. The van der Waals surface area contributed by atoms with Gasteiger partial charge in [-0.15, -0.1) is 0 Å². The molecule has 0 aromatic heterocycles. The van der Waals surface area contributed by atoms with Gasteiger partial charge in [-0.1, -0.05) is 101 Å². The van der Waals surface area contributed by atoms with Crippen molar-refractivity contribution in [1.29, 1.82) is 0 Å². The van der Waals surface area contributed by atoms with Crippen molar-refractivity contribution in [3.63, 3.8) is 0 Å². The van der Waals surface area contributed by atoms with E-state index in [2.05, 4.69) is 81.4 Å². The molecule has 24 heavy (non-hydrogen) atoms. The third-order valence-corrected chi connectivity index (χ3v) is 3.72. The first-order chi connectivity index (χ1) is 11.7. The maximum Gasteiger partial charge on any atom is -0.0152 e. The summed E-state index contributed by atoms with van der Waals surface area (Å²) in [6.07, 6.45) is 1.14. The number of hydrogen-bond acceptors (Lipinski definition) is 0. The summed E-state index contributed by atoms with van der Waals surface area (Å²) >= 11 is 0. The number of benzene rings is 3. The van der Waals surface area contributed by atoms with Gasteiger partial charge >= 0.3 is 0 Å². The summed E-state index contributed by atoms with van der Waals surface area (Å²) in [4.78, 5) is 0. The van der Waals surface area contributed by atoms with E-state index in [1.807, 2.05) is 33.8 Å². The van der Waals surface area contributed by atoms with E-state index in [-0.39, 0.29) is 0 Å². The predicted molar refractivity (Wildman–Crippen MR) is 112 cm³/mol. The van der Waals surface area contributed by atoms with E-state index in [1.54, 1.807) is 0 Å². The van der Waals surface area contributed by atoms with Gasteiger partial charge in [-0.3, -0.25) is 0 Å². The Morgan fingerprint density at radius 2 is 1.17 bits per heavy atom. The molecule has 0 aliphatic rings. The lowest BCUT2D eigenvalue weighted by atomic mass is 10.0. The highest BCUT2D eigenvalue weighted by molar-refractivity contribution is 5.86. The van der Waals surface area contributed by atoms with Crippen LogP contribution in [0.3, 0.4) is 0 Å². The smallest absolute Gasteiger partial charge is 0.0152 e. The Balaban J connectivity index is 0.000000385. The molecule has 3 aromatic carbocycles. The van der Waals surface area contributed by atoms with Gasteiger partial charge < -0.3 is 0 Å². The molecule has 130 valence electrons. The predicted octanol–water partition coefficient (Wildman–Crippen LogP) is 7.76. The Labute approximate surface area is 149 Å². The quantitative estimate of drug-likeness (QED) is 0.429. The van der Waals surface area contributed by atoms with Crippen molar-refractivity contribution in [3.05, 3.63) is 83.4 Å². The SMILES string of the molecule is CC.CC.CCc1ccccc1.Cc1ccc2ccccc2c1C. The lowest BCUT2D eigenvalue weighted by Crippen LogP contribution is -1.82. The van der Waals surface area contributed by atoms with Gasteiger partial charge in [0.1, 0.15) is 0 Å². The van der Waals surface area contributed by atoms with E-state index in [0.29, 0.717) is 0 Å². The Kier molecular flexibility index (Phi) is 12.2. The fourth-order valence-corrected chi connectivity index (χ4v) is 2.25. The largest absolute Gasteiger partial charge is 0.0683 e. The number of hydrogen-bond donors (Lipinski definition) is 0. The first-order valence-electron chi connectivity index (χ1n) is 9.21. The number of fused-ring (bicyclic) bond motifs is 1. The van der Waals surface area contributed by atoms with Gasteiger partial charge in [0.25, 0.3) is 0 Å². The van der Waals surface area contributed by atoms with E-state index in [4.69, 9.17) is 0 Å². The molecule has 0 aliphatic heterocycles. The molecule has 3 rings (SSSR count). The second-order valence-corrected chi connectivity index (χ2v) is 5.07. The minimum Gasteiger partial charge on any atom is -0.0683 e. The molecular formula is C24H34. The zero-order valence-electron chi connectivity index (χ0n) is 16.6. The van der Waals surface area contributed by atoms with Crippen LogP contribution in [-0.4, -0.2) is 0 Å². The highest BCUT2D eigenvalue weighted by Gasteiger charge is 1.97. The van der Waals surface area contributed by atoms with Crippen molar-refractivity contribution in [2.45, 2.75) is 54.9 Å². The van der Waals surface area contributed by atoms with Crippen LogP contribution in [0.1, 0.15) is 51.3 Å². The van der Waals surface area contributed by atoms with Gasteiger partial charge in [0, 0.05) is 0 Å². The van der Waals surface area contributed by atoms with Crippen molar-refractivity contribution in [2.75, 3.05) is 0 Å². The van der Waals surface area contributed by atoms with E-state index in [9.17, 15) is 0 Å². The molecule has 0 saturated heterocycles. The molecule has 0 unspecified atom stereocenters. The number of aryl methyl sites for hydroxylation is 3. The van der Waals surface area contributed by atoms with Gasteiger partial charge in [-0.2, -0.15) is 0 Å². The summed E-state index contributed by atoms with van der Waals surface area (Å²) < 4.78 is 0. The average Bonchev–Trinajstić information content (AvgIpc) is 2.69. The van der Waals surface area contributed by atoms with Crippen LogP contribution in [0.4, 0.5) is 0 Å². The Bertz CT molecular complexity index is 666.